The summed E-state index contributed by atoms with van der Waals surface area (Å²) < 4.78 is 5.11. The van der Waals surface area contributed by atoms with E-state index in [2.05, 4.69) is 0 Å². The molecule has 0 N–H and O–H groups in total. The second-order valence-corrected chi connectivity index (χ2v) is 3.58. The SMILES string of the molecule is N#CCC(=O)COc1cc(Cl)ccc1Cl. The Morgan fingerprint density at radius 2 is 2.20 bits per heavy atom. The Hall–Kier alpha value is -1.24. The summed E-state index contributed by atoms with van der Waals surface area (Å²) in [5.74, 6) is 0.0454. The van der Waals surface area contributed by atoms with Gasteiger partial charge in [-0.1, -0.05) is 23.2 Å². The molecule has 5 heteroatoms. The molecule has 1 aromatic carbocycles. The number of ketones is 1. The number of carbonyl (C=O) groups excluding carboxylic acids is 1. The van der Waals surface area contributed by atoms with E-state index in [0.717, 1.165) is 0 Å². The zero-order valence-electron chi connectivity index (χ0n) is 7.67. The molecule has 0 unspecified atom stereocenters. The maximum atomic E-state index is 11.0. The highest BCUT2D eigenvalue weighted by Gasteiger charge is 2.06. The summed E-state index contributed by atoms with van der Waals surface area (Å²) in [7, 11) is 0. The molecule has 0 heterocycles. The minimum absolute atomic E-state index is 0.168. The number of hydrogen-bond donors (Lipinski definition) is 0. The molecule has 0 aliphatic carbocycles. The largest absolute Gasteiger partial charge is 0.484 e. The Bertz CT molecular complexity index is 412. The first-order valence-electron chi connectivity index (χ1n) is 4.10. The lowest BCUT2D eigenvalue weighted by atomic mass is 10.3. The molecule has 0 atom stereocenters. The zero-order chi connectivity index (χ0) is 11.3. The third-order valence-corrected chi connectivity index (χ3v) is 2.11. The molecular weight excluding hydrogens is 237 g/mol. The van der Waals surface area contributed by atoms with Crippen LogP contribution in [-0.2, 0) is 4.79 Å². The van der Waals surface area contributed by atoms with Crippen LogP contribution in [-0.4, -0.2) is 12.4 Å². The fourth-order valence-corrected chi connectivity index (χ4v) is 1.22. The van der Waals surface area contributed by atoms with Gasteiger partial charge >= 0.3 is 0 Å². The lowest BCUT2D eigenvalue weighted by Gasteiger charge is -2.06. The van der Waals surface area contributed by atoms with Gasteiger partial charge in [0.2, 0.25) is 0 Å². The van der Waals surface area contributed by atoms with E-state index in [-0.39, 0.29) is 18.8 Å². The number of carbonyl (C=O) groups is 1. The summed E-state index contributed by atoms with van der Waals surface area (Å²) in [5, 5.41) is 9.11. The smallest absolute Gasteiger partial charge is 0.184 e. The Morgan fingerprint density at radius 1 is 1.47 bits per heavy atom. The van der Waals surface area contributed by atoms with Crippen LogP contribution in [0.3, 0.4) is 0 Å². The average Bonchev–Trinajstić information content (AvgIpc) is 2.20. The maximum absolute atomic E-state index is 11.0. The fourth-order valence-electron chi connectivity index (χ4n) is 0.885. The number of Topliss-reactive ketones (excluding diaryl/α,β-unsaturated/α-hetero) is 1. The molecule has 0 aliphatic heterocycles. The van der Waals surface area contributed by atoms with Crippen molar-refractivity contribution in [3.8, 4) is 11.8 Å². The van der Waals surface area contributed by atoms with E-state index in [4.69, 9.17) is 33.2 Å². The molecule has 1 aromatic rings. The van der Waals surface area contributed by atoms with Gasteiger partial charge in [0.25, 0.3) is 0 Å². The van der Waals surface area contributed by atoms with E-state index < -0.39 is 0 Å². The minimum atomic E-state index is -0.298. The molecular formula is C10H7Cl2NO2. The molecule has 15 heavy (non-hydrogen) atoms. The molecule has 1 rings (SSSR count). The maximum Gasteiger partial charge on any atom is 0.184 e. The van der Waals surface area contributed by atoms with Gasteiger partial charge in [-0.2, -0.15) is 5.26 Å². The third-order valence-electron chi connectivity index (χ3n) is 1.56. The molecule has 0 fully saturated rings. The predicted molar refractivity (Wildman–Crippen MR) is 57.2 cm³/mol. The van der Waals surface area contributed by atoms with Crippen molar-refractivity contribution in [1.82, 2.24) is 0 Å². The van der Waals surface area contributed by atoms with E-state index in [1.165, 1.54) is 6.07 Å². The van der Waals surface area contributed by atoms with Crippen LogP contribution in [0.5, 0.6) is 5.75 Å². The van der Waals surface area contributed by atoms with Crippen molar-refractivity contribution < 1.29 is 9.53 Å². The van der Waals surface area contributed by atoms with E-state index in [1.54, 1.807) is 18.2 Å². The molecule has 0 aromatic heterocycles. The van der Waals surface area contributed by atoms with Gasteiger partial charge in [-0.05, 0) is 12.1 Å². The van der Waals surface area contributed by atoms with Gasteiger partial charge in [0.1, 0.15) is 12.4 Å². The first kappa shape index (κ1) is 11.8. The number of benzene rings is 1. The van der Waals surface area contributed by atoms with Gasteiger partial charge in [-0.15, -0.1) is 0 Å². The van der Waals surface area contributed by atoms with E-state index in [0.29, 0.717) is 15.8 Å². The summed E-state index contributed by atoms with van der Waals surface area (Å²) in [4.78, 5) is 11.0. The standard InChI is InChI=1S/C10H7Cl2NO2/c11-7-1-2-9(12)10(5-7)15-6-8(14)3-4-13/h1-2,5H,3,6H2. The lowest BCUT2D eigenvalue weighted by molar-refractivity contribution is -0.120. The van der Waals surface area contributed by atoms with Crippen LogP contribution in [0.25, 0.3) is 0 Å². The second-order valence-electron chi connectivity index (χ2n) is 2.74. The molecule has 0 aliphatic rings. The van der Waals surface area contributed by atoms with Crippen LogP contribution >= 0.6 is 23.2 Å². The first-order valence-corrected chi connectivity index (χ1v) is 4.85. The lowest BCUT2D eigenvalue weighted by Crippen LogP contribution is -2.10. The highest BCUT2D eigenvalue weighted by atomic mass is 35.5. The van der Waals surface area contributed by atoms with Crippen LogP contribution in [0.1, 0.15) is 6.42 Å². The predicted octanol–water partition coefficient (Wildman–Crippen LogP) is 2.85. The molecule has 0 bridgehead atoms. The Kier molecular flexibility index (Phi) is 4.41. The van der Waals surface area contributed by atoms with Gasteiger partial charge in [0, 0.05) is 11.1 Å². The van der Waals surface area contributed by atoms with Crippen molar-refractivity contribution in [3.63, 3.8) is 0 Å². The Morgan fingerprint density at radius 3 is 2.87 bits per heavy atom. The molecule has 0 saturated heterocycles. The Balaban J connectivity index is 2.61. The van der Waals surface area contributed by atoms with Gasteiger partial charge in [0.15, 0.2) is 5.78 Å². The van der Waals surface area contributed by atoms with Crippen LogP contribution < -0.4 is 4.74 Å². The monoisotopic (exact) mass is 243 g/mol. The van der Waals surface area contributed by atoms with Crippen molar-refractivity contribution in [3.05, 3.63) is 28.2 Å². The van der Waals surface area contributed by atoms with E-state index in [9.17, 15) is 4.79 Å². The molecule has 0 amide bonds. The Labute approximate surface area is 97.2 Å². The van der Waals surface area contributed by atoms with Crippen molar-refractivity contribution >= 4 is 29.0 Å². The zero-order valence-corrected chi connectivity index (χ0v) is 9.18. The van der Waals surface area contributed by atoms with Crippen LogP contribution in [0.2, 0.25) is 10.0 Å². The van der Waals surface area contributed by atoms with Gasteiger partial charge < -0.3 is 4.74 Å². The van der Waals surface area contributed by atoms with Crippen LogP contribution in [0.4, 0.5) is 0 Å². The quantitative estimate of drug-likeness (QED) is 0.818. The van der Waals surface area contributed by atoms with Crippen molar-refractivity contribution in [1.29, 1.82) is 5.26 Å². The topological polar surface area (TPSA) is 50.1 Å². The number of rotatable bonds is 4. The number of hydrogen-bond acceptors (Lipinski definition) is 3. The van der Waals surface area contributed by atoms with Crippen LogP contribution in [0, 0.1) is 11.3 Å². The third kappa shape index (κ3) is 3.78. The number of halogens is 2. The molecule has 0 radical (unpaired) electrons. The minimum Gasteiger partial charge on any atom is -0.484 e. The van der Waals surface area contributed by atoms with Crippen molar-refractivity contribution in [2.45, 2.75) is 6.42 Å². The highest BCUT2D eigenvalue weighted by Crippen LogP contribution is 2.27. The van der Waals surface area contributed by atoms with Crippen molar-refractivity contribution in [2.24, 2.45) is 0 Å². The van der Waals surface area contributed by atoms with E-state index >= 15 is 0 Å². The summed E-state index contributed by atoms with van der Waals surface area (Å²) in [6, 6.07) is 6.45. The van der Waals surface area contributed by atoms with Gasteiger partial charge in [-0.25, -0.2) is 0 Å². The van der Waals surface area contributed by atoms with Gasteiger partial charge in [-0.3, -0.25) is 4.79 Å². The van der Waals surface area contributed by atoms with Crippen LogP contribution in [0.15, 0.2) is 18.2 Å². The second kappa shape index (κ2) is 5.59. The number of nitriles is 1. The normalized spacial score (nSPS) is 9.40. The highest BCUT2D eigenvalue weighted by molar-refractivity contribution is 6.34. The number of ether oxygens (including phenoxy) is 1. The molecule has 78 valence electrons. The van der Waals surface area contributed by atoms with E-state index in [1.807, 2.05) is 0 Å². The summed E-state index contributed by atoms with van der Waals surface area (Å²) in [5.41, 5.74) is 0. The molecule has 3 nitrogen and oxygen atoms in total. The first-order chi connectivity index (χ1) is 7.13. The van der Waals surface area contributed by atoms with Crippen molar-refractivity contribution in [2.75, 3.05) is 6.61 Å². The average molecular weight is 244 g/mol. The van der Waals surface area contributed by atoms with Gasteiger partial charge in [0.05, 0.1) is 17.5 Å². The fraction of sp³-hybridized carbons (Fsp3) is 0.200. The number of nitrogens with zero attached hydrogens (tertiary/aromatic N) is 1. The molecule has 0 saturated carbocycles. The molecule has 0 spiro atoms. The summed E-state index contributed by atoms with van der Waals surface area (Å²) in [6.07, 6.45) is -0.168. The summed E-state index contributed by atoms with van der Waals surface area (Å²) >= 11 is 11.5. The summed E-state index contributed by atoms with van der Waals surface area (Å²) in [6.45, 7) is -0.173.